The van der Waals surface area contributed by atoms with E-state index in [9.17, 15) is 0 Å². The molecule has 0 unspecified atom stereocenters. The van der Waals surface area contributed by atoms with Crippen molar-refractivity contribution in [1.29, 1.82) is 0 Å². The maximum Gasteiger partial charge on any atom is 0.0236 e. The van der Waals surface area contributed by atoms with Crippen molar-refractivity contribution in [3.63, 3.8) is 0 Å². The molecule has 0 N–H and O–H groups in total. The third-order valence-electron chi connectivity index (χ3n) is 9.76. The Hall–Kier alpha value is 0. The number of hydrogen-bond acceptors (Lipinski definition) is 0. The fraction of sp³-hybridized carbons (Fsp3) is 1.00. The summed E-state index contributed by atoms with van der Waals surface area (Å²) in [5.41, 5.74) is 1.78. The van der Waals surface area contributed by atoms with Gasteiger partial charge in [0.2, 0.25) is 0 Å². The number of hydrogen-bond donors (Lipinski definition) is 0. The van der Waals surface area contributed by atoms with Crippen LogP contribution in [0.1, 0.15) is 334 Å². The van der Waals surface area contributed by atoms with Gasteiger partial charge in [0, 0.05) is 4.11 Å². The molecule has 6 saturated carbocycles. The molecule has 0 nitrogen and oxygen atoms in total. The molecule has 0 atom stereocenters. The van der Waals surface area contributed by atoms with Crippen LogP contribution >= 0.6 is 0 Å². The molecular weight excluding hydrogens is 733 g/mol. The molecule has 0 heteroatoms. The molecule has 0 aromatic rings. The van der Waals surface area contributed by atoms with Crippen molar-refractivity contribution in [3.05, 3.63) is 0 Å². The molecule has 6 aliphatic carbocycles. The van der Waals surface area contributed by atoms with Gasteiger partial charge in [-0.15, -0.1) is 0 Å². The standard InChI is InChI=1S/C11H18.C7H14.C6H12.C6H14.4C5H12.C4H10.C3H8.2C2H6/c1-11-5-8-2-9(6-11)4-10(3-8)7-11;1-7-5-3-2-4-6-7;1-6-4-2-3-5-6;1-5-6(2,3)4;3*1-5(2,3)4;1-4-5(2)3;1-4(2)3;1-3-2;2*1-2/h8-10H,2-7H2,1H3;7H,2-6H2,1H3;6H,2-5H2,1H3;5H2,1-4H3;3*1-4H3;5H,4H2,1-3H3;4H,1-3H3;3H2,1-2H3;2*1-2H3/i;;;;1D3;;;;;;;. The van der Waals surface area contributed by atoms with Crippen molar-refractivity contribution in [3.8, 4) is 0 Å². The molecule has 0 amide bonds. The Morgan fingerprint density at radius 3 is 0.754 bits per heavy atom. The summed E-state index contributed by atoms with van der Waals surface area (Å²) >= 11 is 0. The molecule has 0 aromatic heterocycles. The van der Waals surface area contributed by atoms with Crippen molar-refractivity contribution < 1.29 is 4.11 Å². The molecule has 6 fully saturated rings. The summed E-state index contributed by atoms with van der Waals surface area (Å²) in [4.78, 5) is 0. The van der Waals surface area contributed by atoms with Crippen molar-refractivity contribution in [1.82, 2.24) is 0 Å². The van der Waals surface area contributed by atoms with Gasteiger partial charge < -0.3 is 0 Å². The summed E-state index contributed by atoms with van der Waals surface area (Å²) in [6.07, 6.45) is 26.7. The predicted octanol–water partition coefficient (Wildman–Crippen LogP) is 23.8. The van der Waals surface area contributed by atoms with Crippen LogP contribution in [0.4, 0.5) is 0 Å². The first-order valence-corrected chi connectivity index (χ1v) is 27.2. The summed E-state index contributed by atoms with van der Waals surface area (Å²) < 4.78 is 20.8. The van der Waals surface area contributed by atoms with E-state index in [0.717, 1.165) is 46.8 Å². The Bertz CT molecular complexity index is 810. The fourth-order valence-corrected chi connectivity index (χ4v) is 6.98. The monoisotopic (exact) mass is 872 g/mol. The van der Waals surface area contributed by atoms with Crippen molar-refractivity contribution in [2.24, 2.45) is 68.5 Å². The lowest BCUT2D eigenvalue weighted by Crippen LogP contribution is -2.44. The maximum atomic E-state index is 6.92. The van der Waals surface area contributed by atoms with Gasteiger partial charge in [-0.25, -0.2) is 0 Å². The summed E-state index contributed by atoms with van der Waals surface area (Å²) in [7, 11) is 0. The van der Waals surface area contributed by atoms with Crippen LogP contribution in [0.25, 0.3) is 0 Å². The van der Waals surface area contributed by atoms with Crippen LogP contribution in [0.2, 0.25) is 0 Å². The second kappa shape index (κ2) is 43.9. The SMILES string of the molecule is CC.CC.CC(C)(C)C.CC(C)(C)C.CC(C)C.CC12CC3CC(CC(C3)C1)C2.CC1CCCC1.CC1CCCCC1.CCC.CCC(C)(C)C.CCC(C)C.[2H]C([2H])([2H])C(C)(C)C. The number of rotatable bonds is 1. The average molecular weight is 873 g/mol. The minimum absolute atomic E-state index is 0.500. The van der Waals surface area contributed by atoms with Crippen molar-refractivity contribution >= 4 is 0 Å². The van der Waals surface area contributed by atoms with E-state index in [-0.39, 0.29) is 0 Å². The first kappa shape index (κ1) is 67.6. The van der Waals surface area contributed by atoms with Gasteiger partial charge in [0.1, 0.15) is 0 Å². The molecule has 0 radical (unpaired) electrons. The van der Waals surface area contributed by atoms with E-state index < -0.39 is 12.3 Å². The maximum absolute atomic E-state index is 6.92. The zero-order chi connectivity index (χ0) is 52.8. The van der Waals surface area contributed by atoms with Crippen LogP contribution in [0.3, 0.4) is 0 Å². The fourth-order valence-electron chi connectivity index (χ4n) is 6.98. The summed E-state index contributed by atoms with van der Waals surface area (Å²) in [6, 6.07) is 0. The first-order chi connectivity index (χ1) is 28.7. The predicted molar refractivity (Wildman–Crippen MR) is 296 cm³/mol. The second-order valence-corrected chi connectivity index (χ2v) is 26.3. The molecule has 0 aromatic carbocycles. The lowest BCUT2D eigenvalue weighted by Gasteiger charge is -2.55. The van der Waals surface area contributed by atoms with E-state index in [0.29, 0.717) is 16.2 Å². The molecule has 0 saturated heterocycles. The highest BCUT2D eigenvalue weighted by atomic mass is 14.5. The first-order valence-electron chi connectivity index (χ1n) is 28.7. The highest BCUT2D eigenvalue weighted by Gasteiger charge is 2.48. The Labute approximate surface area is 401 Å². The molecule has 4 bridgehead atoms. The topological polar surface area (TPSA) is 0 Å². The van der Waals surface area contributed by atoms with E-state index >= 15 is 0 Å². The van der Waals surface area contributed by atoms with Crippen molar-refractivity contribution in [2.75, 3.05) is 0 Å². The molecule has 380 valence electrons. The minimum atomic E-state index is -1.81. The molecule has 0 spiro atoms. The highest BCUT2D eigenvalue weighted by Crippen LogP contribution is 2.59. The van der Waals surface area contributed by atoms with Crippen LogP contribution < -0.4 is 0 Å². The minimum Gasteiger partial charge on any atom is -0.0683 e. The largest absolute Gasteiger partial charge is 0.0683 e. The van der Waals surface area contributed by atoms with Crippen LogP contribution in [0, 0.1) is 68.5 Å². The molecule has 6 aliphatic rings. The van der Waals surface area contributed by atoms with Gasteiger partial charge in [-0.1, -0.05) is 292 Å². The quantitative estimate of drug-likeness (QED) is 0.246. The Morgan fingerprint density at radius 1 is 0.492 bits per heavy atom. The van der Waals surface area contributed by atoms with E-state index in [4.69, 9.17) is 4.11 Å². The van der Waals surface area contributed by atoms with Gasteiger partial charge in [0.15, 0.2) is 0 Å². The second-order valence-electron chi connectivity index (χ2n) is 26.3. The van der Waals surface area contributed by atoms with Gasteiger partial charge in [-0.2, -0.15) is 0 Å². The molecule has 0 aliphatic heterocycles. The average Bonchev–Trinajstić information content (AvgIpc) is 3.59. The lowest BCUT2D eigenvalue weighted by molar-refractivity contribution is -0.0411. The Balaban J connectivity index is -0.000000114. The zero-order valence-electron chi connectivity index (χ0n) is 52.8. The zero-order valence-corrected chi connectivity index (χ0v) is 49.8. The Kier molecular flexibility index (Phi) is 48.6. The van der Waals surface area contributed by atoms with Crippen molar-refractivity contribution in [2.45, 2.75) is 330 Å². The normalized spacial score (nSPS) is 23.2. The summed E-state index contributed by atoms with van der Waals surface area (Å²) in [5.74, 6) is 7.23. The molecular formula is C61H136. The Morgan fingerprint density at radius 2 is 0.672 bits per heavy atom. The van der Waals surface area contributed by atoms with Crippen LogP contribution in [0.15, 0.2) is 0 Å². The van der Waals surface area contributed by atoms with E-state index in [1.165, 1.54) is 77.0 Å². The molecule has 0 heterocycles. The van der Waals surface area contributed by atoms with Crippen LogP contribution in [-0.4, -0.2) is 0 Å². The van der Waals surface area contributed by atoms with Gasteiger partial charge in [0.05, 0.1) is 0 Å². The third-order valence-corrected chi connectivity index (χ3v) is 9.76. The molecule has 6 rings (SSSR count). The highest BCUT2D eigenvalue weighted by molar-refractivity contribution is 4.99. The van der Waals surface area contributed by atoms with Crippen LogP contribution in [0.5, 0.6) is 0 Å². The molecule has 61 heavy (non-hydrogen) atoms. The van der Waals surface area contributed by atoms with E-state index in [1.54, 1.807) is 59.3 Å². The van der Waals surface area contributed by atoms with Gasteiger partial charge >= 0.3 is 0 Å². The van der Waals surface area contributed by atoms with Gasteiger partial charge in [-0.3, -0.25) is 0 Å². The van der Waals surface area contributed by atoms with Gasteiger partial charge in [-0.05, 0) is 107 Å². The van der Waals surface area contributed by atoms with E-state index in [2.05, 4.69) is 159 Å². The van der Waals surface area contributed by atoms with Gasteiger partial charge in [0.25, 0.3) is 0 Å². The summed E-state index contributed by atoms with van der Waals surface area (Å²) in [5, 5.41) is 0. The van der Waals surface area contributed by atoms with E-state index in [1.807, 2.05) is 27.7 Å². The van der Waals surface area contributed by atoms with Crippen LogP contribution in [-0.2, 0) is 0 Å². The smallest absolute Gasteiger partial charge is 0.0236 e. The third kappa shape index (κ3) is 91.4. The summed E-state index contributed by atoms with van der Waals surface area (Å²) in [6.45, 7) is 62.4. The lowest BCUT2D eigenvalue weighted by atomic mass is 9.50.